The molecule has 0 heterocycles. The monoisotopic (exact) mass is 327 g/mol. The Morgan fingerprint density at radius 2 is 1.23 bits per heavy atom. The number of nitrogens with zero attached hydrogens (tertiary/aromatic N) is 1. The maximum absolute atomic E-state index is 11.6. The fourth-order valence-electron chi connectivity index (χ4n) is 1.35. The Bertz CT molecular complexity index is 325. The van der Waals surface area contributed by atoms with E-state index in [4.69, 9.17) is 4.84 Å². The summed E-state index contributed by atoms with van der Waals surface area (Å²) in [5, 5.41) is 0.200. The molecule has 0 aromatic carbocycles. The summed E-state index contributed by atoms with van der Waals surface area (Å²) in [5.41, 5.74) is 0. The molecule has 0 radical (unpaired) electrons. The molecule has 0 saturated heterocycles. The van der Waals surface area contributed by atoms with E-state index in [9.17, 15) is 14.4 Å². The largest absolute Gasteiger partial charge is 1.00 e. The van der Waals surface area contributed by atoms with Gasteiger partial charge in [0.1, 0.15) is 0 Å². The predicted octanol–water partition coefficient (Wildman–Crippen LogP) is -0.0400. The molecule has 0 saturated carbocycles. The van der Waals surface area contributed by atoms with Crippen LogP contribution < -0.4 is 29.6 Å². The first-order valence-electron chi connectivity index (χ1n) is 7.45. The Labute approximate surface area is 155 Å². The van der Waals surface area contributed by atoms with Gasteiger partial charge in [-0.25, -0.2) is 0 Å². The van der Waals surface area contributed by atoms with Crippen LogP contribution in [0.1, 0.15) is 73.6 Å². The minimum absolute atomic E-state index is 0. The summed E-state index contributed by atoms with van der Waals surface area (Å²) >= 11 is 0. The van der Waals surface area contributed by atoms with Crippen molar-refractivity contribution in [2.24, 2.45) is 0 Å². The number of hydrogen-bond donors (Lipinski definition) is 0. The molecule has 0 N–H and O–H groups in total. The maximum atomic E-state index is 11.6. The van der Waals surface area contributed by atoms with Gasteiger partial charge in [-0.05, 0) is 6.42 Å². The molecule has 7 nitrogen and oxygen atoms in total. The van der Waals surface area contributed by atoms with Crippen molar-refractivity contribution in [2.45, 2.75) is 72.1 Å². The minimum Gasteiger partial charge on any atom is -1.00 e. The van der Waals surface area contributed by atoms with Gasteiger partial charge in [-0.2, -0.15) is 0 Å². The van der Waals surface area contributed by atoms with E-state index in [2.05, 4.69) is 16.6 Å². The van der Waals surface area contributed by atoms with Crippen LogP contribution in [0.3, 0.4) is 0 Å². The summed E-state index contributed by atoms with van der Waals surface area (Å²) in [7, 11) is 0. The number of hydrogen-bond acceptors (Lipinski definition) is 7. The van der Waals surface area contributed by atoms with Crippen molar-refractivity contribution in [3.05, 3.63) is 0 Å². The van der Waals surface area contributed by atoms with Gasteiger partial charge in [-0.15, -0.1) is 0 Å². The number of carbonyl (C=O) groups is 3. The van der Waals surface area contributed by atoms with Crippen molar-refractivity contribution in [3.63, 3.8) is 0 Å². The van der Waals surface area contributed by atoms with Crippen LogP contribution in [0.2, 0.25) is 0 Å². The second kappa shape index (κ2) is 15.3. The molecule has 0 spiro atoms. The smallest absolute Gasteiger partial charge is 1.00 e. The van der Waals surface area contributed by atoms with Gasteiger partial charge in [0.25, 0.3) is 0 Å². The van der Waals surface area contributed by atoms with Gasteiger partial charge in [0.2, 0.25) is 5.39 Å². The van der Waals surface area contributed by atoms with Gasteiger partial charge in [0.15, 0.2) is 0 Å². The van der Waals surface area contributed by atoms with E-state index in [1.54, 1.807) is 13.8 Å². The molecule has 22 heavy (non-hydrogen) atoms. The molecule has 0 unspecified atom stereocenters. The summed E-state index contributed by atoms with van der Waals surface area (Å²) in [6.45, 7) is 5.24. The predicted molar refractivity (Wildman–Crippen MR) is 75.2 cm³/mol. The normalized spacial score (nSPS) is 9.82. The van der Waals surface area contributed by atoms with Gasteiger partial charge < -0.3 is 15.9 Å². The van der Waals surface area contributed by atoms with Crippen LogP contribution in [0.15, 0.2) is 0 Å². The van der Waals surface area contributed by atoms with E-state index in [0.717, 1.165) is 25.7 Å². The minimum atomic E-state index is -0.672. The molecule has 0 aromatic heterocycles. The molecule has 0 aliphatic heterocycles. The van der Waals surface area contributed by atoms with Crippen LogP contribution in [-0.2, 0) is 28.9 Å². The summed E-state index contributed by atoms with van der Waals surface area (Å²) in [6, 6.07) is 0. The van der Waals surface area contributed by atoms with Crippen molar-refractivity contribution in [1.82, 2.24) is 5.39 Å². The standard InChI is InChI=1S/C14H25NO6.Na.H/c1-4-7-8-9-10-11-14(18)21-15(19-12(16)5-2)20-13(17)6-3;;/h4-11H2,1-3H3;;/q;+1;-1. The van der Waals surface area contributed by atoms with Crippen LogP contribution in [0, 0.1) is 0 Å². The second-order valence-electron chi connectivity index (χ2n) is 4.48. The third-order valence-corrected chi connectivity index (χ3v) is 2.59. The Balaban J connectivity index is -0.00000200. The van der Waals surface area contributed by atoms with E-state index < -0.39 is 17.9 Å². The maximum Gasteiger partial charge on any atom is 1.00 e. The molecular formula is C14H26NNaO6. The average Bonchev–Trinajstić information content (AvgIpc) is 2.46. The van der Waals surface area contributed by atoms with Crippen molar-refractivity contribution in [2.75, 3.05) is 0 Å². The number of carbonyl (C=O) groups excluding carboxylic acids is 3. The number of unbranched alkanes of at least 4 members (excludes halogenated alkanes) is 4. The van der Waals surface area contributed by atoms with Gasteiger partial charge in [-0.3, -0.25) is 14.4 Å². The molecule has 0 aromatic rings. The van der Waals surface area contributed by atoms with Crippen molar-refractivity contribution in [1.29, 1.82) is 0 Å². The van der Waals surface area contributed by atoms with Crippen molar-refractivity contribution in [3.8, 4) is 0 Å². The van der Waals surface area contributed by atoms with Crippen molar-refractivity contribution < 1.29 is 59.9 Å². The molecule has 0 amide bonds. The molecule has 0 aliphatic carbocycles. The third kappa shape index (κ3) is 13.1. The van der Waals surface area contributed by atoms with E-state index in [0.29, 0.717) is 6.42 Å². The van der Waals surface area contributed by atoms with Gasteiger partial charge >= 0.3 is 47.5 Å². The van der Waals surface area contributed by atoms with E-state index >= 15 is 0 Å². The zero-order valence-corrected chi connectivity index (χ0v) is 16.1. The SMILES string of the molecule is CCCCCCCC(=O)ON(OC(=O)CC)OC(=O)CC.[H-].[Na+]. The molecule has 0 rings (SSSR count). The molecule has 8 heteroatoms. The third-order valence-electron chi connectivity index (χ3n) is 2.59. The molecule has 0 atom stereocenters. The zero-order chi connectivity index (χ0) is 16.1. The Kier molecular flexibility index (Phi) is 16.4. The topological polar surface area (TPSA) is 82.1 Å². The van der Waals surface area contributed by atoms with Crippen LogP contribution in [-0.4, -0.2) is 23.3 Å². The van der Waals surface area contributed by atoms with Gasteiger partial charge in [-0.1, -0.05) is 46.5 Å². The van der Waals surface area contributed by atoms with Gasteiger partial charge in [0.05, 0.1) is 0 Å². The molecule has 0 fully saturated rings. The first-order chi connectivity index (χ1) is 10.0. The van der Waals surface area contributed by atoms with Gasteiger partial charge in [0, 0.05) is 19.3 Å². The number of rotatable bonds is 11. The van der Waals surface area contributed by atoms with Crippen molar-refractivity contribution >= 4 is 17.9 Å². The first kappa shape index (κ1) is 23.6. The van der Waals surface area contributed by atoms with Crippen LogP contribution in [0.25, 0.3) is 0 Å². The Morgan fingerprint density at radius 3 is 1.68 bits per heavy atom. The van der Waals surface area contributed by atoms with Crippen LogP contribution >= 0.6 is 0 Å². The quantitative estimate of drug-likeness (QED) is 0.299. The molecule has 0 bridgehead atoms. The van der Waals surface area contributed by atoms with E-state index in [-0.39, 0.29) is 55.6 Å². The fourth-order valence-corrected chi connectivity index (χ4v) is 1.35. The van der Waals surface area contributed by atoms with Crippen LogP contribution in [0.5, 0.6) is 0 Å². The molecule has 0 aliphatic rings. The first-order valence-corrected chi connectivity index (χ1v) is 7.45. The zero-order valence-electron chi connectivity index (χ0n) is 15.1. The average molecular weight is 327 g/mol. The van der Waals surface area contributed by atoms with Crippen LogP contribution in [0.4, 0.5) is 0 Å². The summed E-state index contributed by atoms with van der Waals surface area (Å²) < 4.78 is 0. The Morgan fingerprint density at radius 1 is 0.773 bits per heavy atom. The summed E-state index contributed by atoms with van der Waals surface area (Å²) in [4.78, 5) is 47.8. The van der Waals surface area contributed by atoms with E-state index in [1.807, 2.05) is 0 Å². The van der Waals surface area contributed by atoms with E-state index in [1.165, 1.54) is 0 Å². The second-order valence-corrected chi connectivity index (χ2v) is 4.48. The molecule has 124 valence electrons. The fraction of sp³-hybridized carbons (Fsp3) is 0.786. The molecular weight excluding hydrogens is 301 g/mol. The summed E-state index contributed by atoms with van der Waals surface area (Å²) in [5.74, 6) is -1.95. The summed E-state index contributed by atoms with van der Waals surface area (Å²) in [6.07, 6.45) is 5.21. The Hall–Kier alpha value is -0.630.